The minimum Gasteiger partial charge on any atom is -0.389 e. The second-order valence-electron chi connectivity index (χ2n) is 3.54. The molecule has 0 bridgehead atoms. The Morgan fingerprint density at radius 1 is 1.54 bits per heavy atom. The van der Waals surface area contributed by atoms with Crippen LogP contribution in [0.3, 0.4) is 0 Å². The van der Waals surface area contributed by atoms with Crippen molar-refractivity contribution in [2.24, 2.45) is 0 Å². The fourth-order valence-electron chi connectivity index (χ4n) is 0.646. The summed E-state index contributed by atoms with van der Waals surface area (Å²) in [6.45, 7) is 5.75. The lowest BCUT2D eigenvalue weighted by Gasteiger charge is -2.10. The Kier molecular flexibility index (Phi) is 2.89. The van der Waals surface area contributed by atoms with E-state index in [1.54, 1.807) is 0 Å². The highest BCUT2D eigenvalue weighted by molar-refractivity contribution is 14.1. The van der Waals surface area contributed by atoms with Crippen molar-refractivity contribution < 1.29 is 12.4 Å². The molecule has 0 unspecified atom stereocenters. The monoisotopic (exact) mass is 296 g/mol. The molecular formula is C7H9IN2O3. The summed E-state index contributed by atoms with van der Waals surface area (Å²) in [5, 5.41) is 3.49. The highest BCUT2D eigenvalue weighted by Crippen LogP contribution is 2.19. The summed E-state index contributed by atoms with van der Waals surface area (Å²) >= 11 is 1.48. The molecule has 1 aromatic heterocycles. The molecule has 1 aromatic rings. The maximum atomic E-state index is 10.9. The van der Waals surface area contributed by atoms with Gasteiger partial charge in [0.2, 0.25) is 5.89 Å². The molecule has 0 N–H and O–H groups in total. The van der Waals surface area contributed by atoms with E-state index in [0.717, 1.165) is 0 Å². The van der Waals surface area contributed by atoms with Gasteiger partial charge in [0.25, 0.3) is 5.82 Å². The summed E-state index contributed by atoms with van der Waals surface area (Å²) in [5.41, 5.74) is -0.253. The quantitative estimate of drug-likeness (QED) is 0.740. The third-order valence-electron chi connectivity index (χ3n) is 1.32. The van der Waals surface area contributed by atoms with Gasteiger partial charge < -0.3 is 7.59 Å². The van der Waals surface area contributed by atoms with Gasteiger partial charge in [0.15, 0.2) is 23.0 Å². The lowest BCUT2D eigenvalue weighted by Crippen LogP contribution is -2.12. The van der Waals surface area contributed by atoms with E-state index in [4.69, 9.17) is 4.52 Å². The van der Waals surface area contributed by atoms with Crippen molar-refractivity contribution in [3.8, 4) is 0 Å². The van der Waals surface area contributed by atoms with Crippen LogP contribution in [0.25, 0.3) is 0 Å². The van der Waals surface area contributed by atoms with E-state index in [-0.39, 0.29) is 11.2 Å². The number of rotatable bonds is 1. The fraction of sp³-hybridized carbons (Fsp3) is 0.571. The Balaban J connectivity index is 2.93. The van der Waals surface area contributed by atoms with Crippen LogP contribution in [-0.2, 0) is 8.48 Å². The van der Waals surface area contributed by atoms with Gasteiger partial charge in [-0.15, -0.1) is 0 Å². The Morgan fingerprint density at radius 3 is 2.54 bits per heavy atom. The van der Waals surface area contributed by atoms with Crippen LogP contribution in [0.1, 0.15) is 37.3 Å². The maximum Gasteiger partial charge on any atom is 0.389 e. The van der Waals surface area contributed by atoms with Crippen LogP contribution < -0.4 is 0 Å². The molecule has 6 heteroatoms. The van der Waals surface area contributed by atoms with E-state index >= 15 is 0 Å². The predicted octanol–water partition coefficient (Wildman–Crippen LogP) is 1.87. The van der Waals surface area contributed by atoms with Crippen LogP contribution in [-0.4, -0.2) is 16.1 Å². The van der Waals surface area contributed by atoms with Gasteiger partial charge >= 0.3 is 5.97 Å². The summed E-state index contributed by atoms with van der Waals surface area (Å²) in [4.78, 5) is 14.8. The molecule has 0 radical (unpaired) electrons. The lowest BCUT2D eigenvalue weighted by molar-refractivity contribution is 0.0784. The number of hydrogen-bond donors (Lipinski definition) is 0. The van der Waals surface area contributed by atoms with Crippen molar-refractivity contribution in [2.75, 3.05) is 0 Å². The first-order valence-corrected chi connectivity index (χ1v) is 4.50. The molecule has 5 nitrogen and oxygen atoms in total. The van der Waals surface area contributed by atoms with E-state index in [1.165, 1.54) is 23.0 Å². The Labute approximate surface area is 89.5 Å². The number of aromatic nitrogens is 2. The molecule has 1 rings (SSSR count). The SMILES string of the molecule is CC(C)(C)c1nc(C(=O)OI)no1. The zero-order valence-electron chi connectivity index (χ0n) is 7.50. The zero-order chi connectivity index (χ0) is 10.1. The van der Waals surface area contributed by atoms with E-state index in [9.17, 15) is 4.79 Å². The molecule has 1 heterocycles. The van der Waals surface area contributed by atoms with Crippen LogP contribution in [0.5, 0.6) is 0 Å². The minimum absolute atomic E-state index is 0.0423. The molecule has 0 aliphatic carbocycles. The Bertz CT molecular complexity index is 316. The molecule has 0 aromatic carbocycles. The van der Waals surface area contributed by atoms with Gasteiger partial charge in [-0.3, -0.25) is 0 Å². The smallest absolute Gasteiger partial charge is 0.389 e. The molecule has 0 aliphatic rings. The summed E-state index contributed by atoms with van der Waals surface area (Å²) in [6.07, 6.45) is 0. The number of nitrogens with zero attached hydrogens (tertiary/aromatic N) is 2. The van der Waals surface area contributed by atoms with Gasteiger partial charge in [0.1, 0.15) is 0 Å². The fourth-order valence-corrected chi connectivity index (χ4v) is 0.842. The van der Waals surface area contributed by atoms with Crippen LogP contribution in [0.15, 0.2) is 4.52 Å². The molecule has 0 spiro atoms. The summed E-state index contributed by atoms with van der Waals surface area (Å²) in [7, 11) is 0. The van der Waals surface area contributed by atoms with Crippen LogP contribution in [0.2, 0.25) is 0 Å². The van der Waals surface area contributed by atoms with Crippen molar-refractivity contribution in [1.29, 1.82) is 0 Å². The number of carbonyl (C=O) groups is 1. The first-order chi connectivity index (χ1) is 5.95. The van der Waals surface area contributed by atoms with Gasteiger partial charge in [-0.1, -0.05) is 20.8 Å². The van der Waals surface area contributed by atoms with Crippen molar-refractivity contribution in [1.82, 2.24) is 10.1 Å². The molecule has 0 fully saturated rings. The van der Waals surface area contributed by atoms with Gasteiger partial charge in [-0.05, 0) is 5.16 Å². The van der Waals surface area contributed by atoms with E-state index in [0.29, 0.717) is 5.89 Å². The van der Waals surface area contributed by atoms with Crippen LogP contribution in [0.4, 0.5) is 0 Å². The number of carbonyl (C=O) groups excluding carboxylic acids is 1. The molecule has 0 saturated heterocycles. The Morgan fingerprint density at radius 2 is 2.15 bits per heavy atom. The van der Waals surface area contributed by atoms with Gasteiger partial charge in [-0.2, -0.15) is 4.98 Å². The molecule has 0 amide bonds. The van der Waals surface area contributed by atoms with E-state index in [2.05, 4.69) is 13.2 Å². The molecule has 72 valence electrons. The average Bonchev–Trinajstić information content (AvgIpc) is 2.50. The highest BCUT2D eigenvalue weighted by atomic mass is 127. The normalized spacial score (nSPS) is 11.4. The predicted molar refractivity (Wildman–Crippen MR) is 52.4 cm³/mol. The van der Waals surface area contributed by atoms with Crippen LogP contribution >= 0.6 is 23.0 Å². The second kappa shape index (κ2) is 3.60. The molecular weight excluding hydrogens is 287 g/mol. The van der Waals surface area contributed by atoms with Crippen molar-refractivity contribution >= 4 is 29.0 Å². The van der Waals surface area contributed by atoms with Crippen molar-refractivity contribution in [3.63, 3.8) is 0 Å². The van der Waals surface area contributed by atoms with E-state index < -0.39 is 5.97 Å². The number of halogens is 1. The molecule has 0 aliphatic heterocycles. The molecule has 0 saturated carbocycles. The first kappa shape index (κ1) is 10.4. The van der Waals surface area contributed by atoms with Gasteiger partial charge in [0.05, 0.1) is 0 Å². The van der Waals surface area contributed by atoms with Gasteiger partial charge in [-0.25, -0.2) is 4.79 Å². The lowest BCUT2D eigenvalue weighted by atomic mass is 9.97. The first-order valence-electron chi connectivity index (χ1n) is 3.62. The highest BCUT2D eigenvalue weighted by Gasteiger charge is 2.24. The molecule has 13 heavy (non-hydrogen) atoms. The maximum absolute atomic E-state index is 10.9. The second-order valence-corrected chi connectivity index (χ2v) is 3.98. The van der Waals surface area contributed by atoms with E-state index in [1.807, 2.05) is 20.8 Å². The summed E-state index contributed by atoms with van der Waals surface area (Å²) in [5.74, 6) is -0.219. The molecule has 0 atom stereocenters. The third-order valence-corrected chi connectivity index (χ3v) is 1.72. The summed E-state index contributed by atoms with van der Waals surface area (Å²) < 4.78 is 9.30. The largest absolute Gasteiger partial charge is 0.389 e. The Hall–Kier alpha value is -0.660. The van der Waals surface area contributed by atoms with Crippen molar-refractivity contribution in [2.45, 2.75) is 26.2 Å². The third kappa shape index (κ3) is 2.39. The zero-order valence-corrected chi connectivity index (χ0v) is 9.65. The standard InChI is InChI=1S/C7H9IN2O3/c1-7(2,3)6-9-4(10-13-6)5(11)12-8/h1-3H3. The van der Waals surface area contributed by atoms with Gasteiger partial charge in [0, 0.05) is 5.41 Å². The minimum atomic E-state index is -0.597. The van der Waals surface area contributed by atoms with Crippen LogP contribution in [0, 0.1) is 0 Å². The number of hydrogen-bond acceptors (Lipinski definition) is 5. The topological polar surface area (TPSA) is 65.2 Å². The average molecular weight is 296 g/mol. The summed E-state index contributed by atoms with van der Waals surface area (Å²) in [6, 6.07) is 0. The van der Waals surface area contributed by atoms with Crippen molar-refractivity contribution in [3.05, 3.63) is 11.7 Å².